The number of nitrogens with two attached hydrogens (primary N) is 1. The van der Waals surface area contributed by atoms with Crippen LogP contribution in [0.3, 0.4) is 0 Å². The van der Waals surface area contributed by atoms with E-state index in [1.165, 1.54) is 12.3 Å². The standard InChI is InChI=1S/C12H24N2OS/c1-11(2)9-14(5-8-16-11)10-12(13)3-6-15-7-4-12/h3-10,13H2,1-2H3. The largest absolute Gasteiger partial charge is 0.381 e. The van der Waals surface area contributed by atoms with Gasteiger partial charge in [0, 0.05) is 48.9 Å². The zero-order valence-electron chi connectivity index (χ0n) is 10.5. The topological polar surface area (TPSA) is 38.5 Å². The number of hydrogen-bond acceptors (Lipinski definition) is 4. The average Bonchev–Trinajstić information content (AvgIpc) is 2.16. The molecule has 0 aromatic heterocycles. The van der Waals surface area contributed by atoms with E-state index in [1.54, 1.807) is 0 Å². The summed E-state index contributed by atoms with van der Waals surface area (Å²) in [6.07, 6.45) is 2.02. The molecule has 0 spiro atoms. The van der Waals surface area contributed by atoms with Crippen molar-refractivity contribution < 1.29 is 4.74 Å². The Morgan fingerprint density at radius 3 is 2.62 bits per heavy atom. The first-order chi connectivity index (χ1) is 7.49. The maximum absolute atomic E-state index is 6.45. The number of hydrogen-bond donors (Lipinski definition) is 1. The Morgan fingerprint density at radius 2 is 2.00 bits per heavy atom. The van der Waals surface area contributed by atoms with E-state index >= 15 is 0 Å². The van der Waals surface area contributed by atoms with E-state index in [9.17, 15) is 0 Å². The molecule has 0 unspecified atom stereocenters. The van der Waals surface area contributed by atoms with Crippen molar-refractivity contribution in [2.45, 2.75) is 37.0 Å². The molecule has 3 nitrogen and oxygen atoms in total. The molecule has 2 fully saturated rings. The number of rotatable bonds is 2. The van der Waals surface area contributed by atoms with Crippen LogP contribution in [-0.4, -0.2) is 53.8 Å². The van der Waals surface area contributed by atoms with Crippen molar-refractivity contribution in [2.24, 2.45) is 5.73 Å². The fourth-order valence-corrected chi connectivity index (χ4v) is 3.81. The van der Waals surface area contributed by atoms with Gasteiger partial charge in [0.25, 0.3) is 0 Å². The van der Waals surface area contributed by atoms with Gasteiger partial charge >= 0.3 is 0 Å². The van der Waals surface area contributed by atoms with Gasteiger partial charge in [0.2, 0.25) is 0 Å². The van der Waals surface area contributed by atoms with Gasteiger partial charge in [0.1, 0.15) is 0 Å². The summed E-state index contributed by atoms with van der Waals surface area (Å²) in [5, 5.41) is 0. The summed E-state index contributed by atoms with van der Waals surface area (Å²) in [6, 6.07) is 0. The number of ether oxygens (including phenoxy) is 1. The Hall–Kier alpha value is 0.230. The molecule has 0 radical (unpaired) electrons. The molecule has 0 aliphatic carbocycles. The summed E-state index contributed by atoms with van der Waals surface area (Å²) in [5.74, 6) is 1.24. The first-order valence-electron chi connectivity index (χ1n) is 6.22. The number of nitrogens with zero attached hydrogens (tertiary/aromatic N) is 1. The minimum absolute atomic E-state index is 0.00363. The summed E-state index contributed by atoms with van der Waals surface area (Å²) in [5.41, 5.74) is 6.45. The molecule has 4 heteroatoms. The highest BCUT2D eigenvalue weighted by Crippen LogP contribution is 2.31. The maximum Gasteiger partial charge on any atom is 0.0484 e. The second kappa shape index (κ2) is 4.84. The Kier molecular flexibility index (Phi) is 3.84. The zero-order valence-corrected chi connectivity index (χ0v) is 11.3. The first kappa shape index (κ1) is 12.7. The van der Waals surface area contributed by atoms with Crippen LogP contribution in [0.5, 0.6) is 0 Å². The normalized spacial score (nSPS) is 30.2. The Labute approximate surface area is 103 Å². The van der Waals surface area contributed by atoms with Crippen molar-refractivity contribution in [2.75, 3.05) is 38.6 Å². The second-order valence-electron chi connectivity index (χ2n) is 5.79. The smallest absolute Gasteiger partial charge is 0.0484 e. The predicted molar refractivity (Wildman–Crippen MR) is 69.9 cm³/mol. The molecule has 16 heavy (non-hydrogen) atoms. The minimum Gasteiger partial charge on any atom is -0.381 e. The second-order valence-corrected chi connectivity index (χ2v) is 7.60. The van der Waals surface area contributed by atoms with Crippen LogP contribution in [0.25, 0.3) is 0 Å². The van der Waals surface area contributed by atoms with E-state index in [0.717, 1.165) is 39.1 Å². The lowest BCUT2D eigenvalue weighted by Crippen LogP contribution is -2.56. The molecular formula is C12H24N2OS. The molecule has 0 atom stereocenters. The Bertz CT molecular complexity index is 239. The molecule has 0 saturated carbocycles. The van der Waals surface area contributed by atoms with Crippen LogP contribution in [0.15, 0.2) is 0 Å². The zero-order chi connectivity index (χ0) is 11.6. The quantitative estimate of drug-likeness (QED) is 0.795. The fraction of sp³-hybridized carbons (Fsp3) is 1.00. The summed E-state index contributed by atoms with van der Waals surface area (Å²) >= 11 is 2.08. The summed E-state index contributed by atoms with van der Waals surface area (Å²) in [4.78, 5) is 2.54. The SMILES string of the molecule is CC1(C)CN(CC2(N)CCOCC2)CCS1. The molecule has 2 rings (SSSR count). The van der Waals surface area contributed by atoms with Crippen LogP contribution >= 0.6 is 11.8 Å². The molecule has 0 aromatic carbocycles. The lowest BCUT2D eigenvalue weighted by Gasteiger charge is -2.43. The highest BCUT2D eigenvalue weighted by molar-refractivity contribution is 8.00. The maximum atomic E-state index is 6.45. The lowest BCUT2D eigenvalue weighted by atomic mass is 9.90. The summed E-state index contributed by atoms with van der Waals surface area (Å²) in [6.45, 7) is 9.73. The molecule has 94 valence electrons. The molecule has 2 N–H and O–H groups in total. The molecule has 0 bridgehead atoms. The van der Waals surface area contributed by atoms with E-state index in [2.05, 4.69) is 30.5 Å². The Balaban J connectivity index is 1.88. The molecule has 2 saturated heterocycles. The fourth-order valence-electron chi connectivity index (χ4n) is 2.63. The van der Waals surface area contributed by atoms with Gasteiger partial charge in [0.15, 0.2) is 0 Å². The molecule has 0 aromatic rings. The van der Waals surface area contributed by atoms with Crippen molar-refractivity contribution in [3.8, 4) is 0 Å². The first-order valence-corrected chi connectivity index (χ1v) is 7.21. The van der Waals surface area contributed by atoms with Gasteiger partial charge in [-0.1, -0.05) is 0 Å². The van der Waals surface area contributed by atoms with Crippen molar-refractivity contribution in [3.05, 3.63) is 0 Å². The van der Waals surface area contributed by atoms with Gasteiger partial charge in [-0.05, 0) is 26.7 Å². The predicted octanol–water partition coefficient (Wildman–Crippen LogP) is 1.32. The van der Waals surface area contributed by atoms with Crippen LogP contribution in [-0.2, 0) is 4.74 Å². The van der Waals surface area contributed by atoms with Gasteiger partial charge in [-0.25, -0.2) is 0 Å². The molecule has 2 aliphatic heterocycles. The molecule has 0 amide bonds. The van der Waals surface area contributed by atoms with E-state index in [4.69, 9.17) is 10.5 Å². The highest BCUT2D eigenvalue weighted by Gasteiger charge is 2.34. The third-order valence-electron chi connectivity index (χ3n) is 3.53. The average molecular weight is 244 g/mol. The van der Waals surface area contributed by atoms with Crippen LogP contribution in [0.2, 0.25) is 0 Å². The van der Waals surface area contributed by atoms with Crippen LogP contribution in [0.4, 0.5) is 0 Å². The van der Waals surface area contributed by atoms with Crippen molar-refractivity contribution >= 4 is 11.8 Å². The van der Waals surface area contributed by atoms with Gasteiger partial charge in [-0.2, -0.15) is 11.8 Å². The van der Waals surface area contributed by atoms with Crippen molar-refractivity contribution in [1.82, 2.24) is 4.90 Å². The Morgan fingerprint density at radius 1 is 1.31 bits per heavy atom. The van der Waals surface area contributed by atoms with E-state index in [1.807, 2.05) is 0 Å². The third-order valence-corrected chi connectivity index (χ3v) is 4.83. The van der Waals surface area contributed by atoms with Gasteiger partial charge in [0.05, 0.1) is 0 Å². The third kappa shape index (κ3) is 3.36. The molecular weight excluding hydrogens is 220 g/mol. The summed E-state index contributed by atoms with van der Waals surface area (Å²) < 4.78 is 5.78. The molecule has 2 aliphatic rings. The van der Waals surface area contributed by atoms with Gasteiger partial charge in [-0.3, -0.25) is 4.90 Å². The van der Waals surface area contributed by atoms with Crippen LogP contribution in [0.1, 0.15) is 26.7 Å². The lowest BCUT2D eigenvalue weighted by molar-refractivity contribution is 0.0371. The van der Waals surface area contributed by atoms with Gasteiger partial charge < -0.3 is 10.5 Å². The minimum atomic E-state index is -0.00363. The van der Waals surface area contributed by atoms with Gasteiger partial charge in [-0.15, -0.1) is 0 Å². The number of thioether (sulfide) groups is 1. The van der Waals surface area contributed by atoms with Crippen molar-refractivity contribution in [3.63, 3.8) is 0 Å². The van der Waals surface area contributed by atoms with E-state index < -0.39 is 0 Å². The van der Waals surface area contributed by atoms with E-state index in [-0.39, 0.29) is 5.54 Å². The van der Waals surface area contributed by atoms with Crippen molar-refractivity contribution in [1.29, 1.82) is 0 Å². The monoisotopic (exact) mass is 244 g/mol. The van der Waals surface area contributed by atoms with E-state index in [0.29, 0.717) is 4.75 Å². The molecule has 2 heterocycles. The highest BCUT2D eigenvalue weighted by atomic mass is 32.2. The summed E-state index contributed by atoms with van der Waals surface area (Å²) in [7, 11) is 0. The van der Waals surface area contributed by atoms with Crippen LogP contribution < -0.4 is 5.73 Å². The van der Waals surface area contributed by atoms with Crippen LogP contribution in [0, 0.1) is 0 Å².